The summed E-state index contributed by atoms with van der Waals surface area (Å²) in [5, 5.41) is 2.98. The summed E-state index contributed by atoms with van der Waals surface area (Å²) in [7, 11) is 0. The summed E-state index contributed by atoms with van der Waals surface area (Å²) in [6.07, 6.45) is -7.76. The van der Waals surface area contributed by atoms with E-state index >= 15 is 0 Å². The van der Waals surface area contributed by atoms with Crippen LogP contribution < -0.4 is 5.32 Å². The van der Waals surface area contributed by atoms with Crippen molar-refractivity contribution in [3.05, 3.63) is 35.1 Å². The van der Waals surface area contributed by atoms with Gasteiger partial charge in [0.25, 0.3) is 6.43 Å². The molecule has 0 spiro atoms. The molecule has 1 fully saturated rings. The predicted octanol–water partition coefficient (Wildman–Crippen LogP) is 3.06. The molecule has 0 saturated carbocycles. The van der Waals surface area contributed by atoms with E-state index < -0.39 is 30.0 Å². The third-order valence-corrected chi connectivity index (χ3v) is 3.42. The highest BCUT2D eigenvalue weighted by Gasteiger charge is 2.37. The van der Waals surface area contributed by atoms with E-state index in [0.29, 0.717) is 38.3 Å². The van der Waals surface area contributed by atoms with Gasteiger partial charge in [0.1, 0.15) is 5.82 Å². The Morgan fingerprint density at radius 2 is 1.71 bits per heavy atom. The van der Waals surface area contributed by atoms with Crippen LogP contribution in [-0.2, 0) is 6.18 Å². The van der Waals surface area contributed by atoms with Gasteiger partial charge in [-0.05, 0) is 17.7 Å². The maximum Gasteiger partial charge on any atom is 0.419 e. The second kappa shape index (κ2) is 6.23. The van der Waals surface area contributed by atoms with Crippen molar-refractivity contribution in [3.63, 3.8) is 0 Å². The van der Waals surface area contributed by atoms with Gasteiger partial charge in [-0.1, -0.05) is 6.07 Å². The lowest BCUT2D eigenvalue weighted by molar-refractivity contribution is -0.140. The second-order valence-electron chi connectivity index (χ2n) is 4.80. The summed E-state index contributed by atoms with van der Waals surface area (Å²) in [6, 6.07) is 0.599. The molecular weight excluding hydrogens is 298 g/mol. The lowest BCUT2D eigenvalue weighted by Crippen LogP contribution is -2.47. The Morgan fingerprint density at radius 1 is 1.10 bits per heavy atom. The third kappa shape index (κ3) is 3.68. The number of benzene rings is 1. The van der Waals surface area contributed by atoms with Gasteiger partial charge in [0, 0.05) is 26.2 Å². The zero-order chi connectivity index (χ0) is 15.6. The molecule has 1 heterocycles. The predicted molar refractivity (Wildman–Crippen MR) is 64.6 cm³/mol. The Labute approximate surface area is 117 Å². The minimum absolute atomic E-state index is 0.222. The van der Waals surface area contributed by atoms with Crippen LogP contribution >= 0.6 is 0 Å². The number of alkyl halides is 5. The number of halogens is 6. The molecule has 1 aliphatic heterocycles. The molecule has 118 valence electrons. The first-order valence-electron chi connectivity index (χ1n) is 6.40. The second-order valence-corrected chi connectivity index (χ2v) is 4.80. The molecule has 1 N–H and O–H groups in total. The first kappa shape index (κ1) is 16.1. The lowest BCUT2D eigenvalue weighted by Gasteiger charge is -2.34. The summed E-state index contributed by atoms with van der Waals surface area (Å²) in [5.74, 6) is -1.46. The average molecular weight is 312 g/mol. The minimum Gasteiger partial charge on any atom is -0.314 e. The van der Waals surface area contributed by atoms with Crippen molar-refractivity contribution < 1.29 is 26.3 Å². The van der Waals surface area contributed by atoms with Crippen molar-refractivity contribution in [1.29, 1.82) is 0 Å². The smallest absolute Gasteiger partial charge is 0.314 e. The van der Waals surface area contributed by atoms with Crippen LogP contribution in [-0.4, -0.2) is 37.5 Å². The number of hydrogen-bond acceptors (Lipinski definition) is 2. The van der Waals surface area contributed by atoms with Gasteiger partial charge in [0.15, 0.2) is 0 Å². The average Bonchev–Trinajstić information content (AvgIpc) is 2.40. The number of nitrogens with zero attached hydrogens (tertiary/aromatic N) is 1. The van der Waals surface area contributed by atoms with Gasteiger partial charge in [-0.25, -0.2) is 13.2 Å². The molecule has 1 aliphatic rings. The molecule has 1 atom stereocenters. The van der Waals surface area contributed by atoms with Crippen LogP contribution in [0.1, 0.15) is 17.2 Å². The van der Waals surface area contributed by atoms with Crippen molar-refractivity contribution in [2.75, 3.05) is 26.2 Å². The Hall–Kier alpha value is -1.28. The monoisotopic (exact) mass is 312 g/mol. The van der Waals surface area contributed by atoms with Gasteiger partial charge >= 0.3 is 6.18 Å². The molecule has 0 bridgehead atoms. The minimum atomic E-state index is -4.91. The first-order chi connectivity index (χ1) is 9.80. The fourth-order valence-corrected chi connectivity index (χ4v) is 2.42. The first-order valence-corrected chi connectivity index (χ1v) is 6.40. The number of hydrogen-bond donors (Lipinski definition) is 1. The van der Waals surface area contributed by atoms with E-state index in [0.717, 1.165) is 6.07 Å². The Bertz CT molecular complexity index is 482. The number of nitrogens with one attached hydrogen (secondary N) is 1. The molecule has 0 unspecified atom stereocenters. The normalized spacial score (nSPS) is 19.0. The lowest BCUT2D eigenvalue weighted by atomic mass is 10.0. The molecule has 8 heteroatoms. The molecule has 0 aromatic heterocycles. The largest absolute Gasteiger partial charge is 0.419 e. The summed E-state index contributed by atoms with van der Waals surface area (Å²) in [4.78, 5) is 1.41. The van der Waals surface area contributed by atoms with E-state index in [-0.39, 0.29) is 5.56 Å². The van der Waals surface area contributed by atoms with E-state index in [1.807, 2.05) is 0 Å². The highest BCUT2D eigenvalue weighted by molar-refractivity contribution is 5.30. The van der Waals surface area contributed by atoms with E-state index in [9.17, 15) is 26.3 Å². The van der Waals surface area contributed by atoms with Crippen LogP contribution in [0.3, 0.4) is 0 Å². The topological polar surface area (TPSA) is 15.3 Å². The zero-order valence-corrected chi connectivity index (χ0v) is 10.9. The van der Waals surface area contributed by atoms with E-state index in [2.05, 4.69) is 5.32 Å². The van der Waals surface area contributed by atoms with Crippen molar-refractivity contribution in [2.45, 2.75) is 18.6 Å². The number of rotatable bonds is 3. The van der Waals surface area contributed by atoms with Gasteiger partial charge in [-0.15, -0.1) is 0 Å². The summed E-state index contributed by atoms with van der Waals surface area (Å²) in [6.45, 7) is 1.56. The zero-order valence-electron chi connectivity index (χ0n) is 10.9. The Morgan fingerprint density at radius 3 is 2.24 bits per heavy atom. The van der Waals surface area contributed by atoms with Crippen LogP contribution in [0, 0.1) is 5.82 Å². The van der Waals surface area contributed by atoms with Gasteiger partial charge in [0.2, 0.25) is 0 Å². The van der Waals surface area contributed by atoms with Gasteiger partial charge in [0.05, 0.1) is 11.6 Å². The molecule has 1 saturated heterocycles. The molecule has 21 heavy (non-hydrogen) atoms. The van der Waals surface area contributed by atoms with Gasteiger partial charge in [-0.3, -0.25) is 4.90 Å². The Kier molecular flexibility index (Phi) is 4.77. The third-order valence-electron chi connectivity index (χ3n) is 3.42. The van der Waals surface area contributed by atoms with Crippen LogP contribution in [0.2, 0.25) is 0 Å². The molecule has 2 rings (SSSR count). The van der Waals surface area contributed by atoms with Gasteiger partial charge < -0.3 is 5.32 Å². The maximum atomic E-state index is 13.3. The van der Waals surface area contributed by atoms with Crippen LogP contribution in [0.25, 0.3) is 0 Å². The number of piperazine rings is 1. The van der Waals surface area contributed by atoms with Crippen LogP contribution in [0.15, 0.2) is 18.2 Å². The summed E-state index contributed by atoms with van der Waals surface area (Å²) in [5.41, 5.74) is -1.73. The van der Waals surface area contributed by atoms with Crippen molar-refractivity contribution in [2.24, 2.45) is 0 Å². The standard InChI is InChI=1S/C13H14F6N2/c14-10-2-1-8(7-9(10)13(17,18)19)11(12(15)16)21-5-3-20-4-6-21/h1-2,7,11-12,20H,3-6H2/t11-/m1/s1. The molecule has 0 radical (unpaired) electrons. The Balaban J connectivity index is 2.36. The molecule has 0 amide bonds. The summed E-state index contributed by atoms with van der Waals surface area (Å²) >= 11 is 0. The van der Waals surface area contributed by atoms with E-state index in [1.165, 1.54) is 4.90 Å². The SMILES string of the molecule is Fc1ccc([C@H](C(F)F)N2CCNCC2)cc1C(F)(F)F. The maximum absolute atomic E-state index is 13.3. The summed E-state index contributed by atoms with van der Waals surface area (Å²) < 4.78 is 77.8. The molecule has 1 aromatic carbocycles. The van der Waals surface area contributed by atoms with Crippen molar-refractivity contribution in [3.8, 4) is 0 Å². The van der Waals surface area contributed by atoms with Crippen molar-refractivity contribution >= 4 is 0 Å². The van der Waals surface area contributed by atoms with Crippen LogP contribution in [0.4, 0.5) is 26.3 Å². The van der Waals surface area contributed by atoms with E-state index in [1.54, 1.807) is 0 Å². The van der Waals surface area contributed by atoms with Crippen molar-refractivity contribution in [1.82, 2.24) is 10.2 Å². The van der Waals surface area contributed by atoms with Gasteiger partial charge in [-0.2, -0.15) is 13.2 Å². The van der Waals surface area contributed by atoms with Crippen LogP contribution in [0.5, 0.6) is 0 Å². The molecule has 1 aromatic rings. The van der Waals surface area contributed by atoms with E-state index in [4.69, 9.17) is 0 Å². The quantitative estimate of drug-likeness (QED) is 0.863. The molecule has 2 nitrogen and oxygen atoms in total. The molecule has 0 aliphatic carbocycles. The fourth-order valence-electron chi connectivity index (χ4n) is 2.42. The highest BCUT2D eigenvalue weighted by Crippen LogP contribution is 2.35. The molecular formula is C13H14F6N2. The highest BCUT2D eigenvalue weighted by atomic mass is 19.4. The fraction of sp³-hybridized carbons (Fsp3) is 0.538.